The van der Waals surface area contributed by atoms with Crippen LogP contribution >= 0.6 is 25.3 Å². The van der Waals surface area contributed by atoms with Gasteiger partial charge in [-0.15, -0.1) is 0 Å². The first-order valence-corrected chi connectivity index (χ1v) is 9.51. The van der Waals surface area contributed by atoms with E-state index in [1.165, 1.54) is 29.2 Å². The molecule has 0 radical (unpaired) electrons. The molecule has 150 valence electrons. The van der Waals surface area contributed by atoms with E-state index in [1.54, 1.807) is 0 Å². The van der Waals surface area contributed by atoms with Gasteiger partial charge in [-0.25, -0.2) is 4.79 Å². The summed E-state index contributed by atoms with van der Waals surface area (Å²) in [6.45, 7) is 0.251. The van der Waals surface area contributed by atoms with Crippen molar-refractivity contribution in [1.29, 1.82) is 5.26 Å². The number of nitro benzene ring substituents is 1. The monoisotopic (exact) mass is 424 g/mol. The molecule has 1 fully saturated rings. The van der Waals surface area contributed by atoms with Crippen LogP contribution in [-0.2, 0) is 16.1 Å². The third-order valence-corrected chi connectivity index (χ3v) is 5.17. The van der Waals surface area contributed by atoms with E-state index in [0.717, 1.165) is 0 Å². The molecule has 0 aromatic heterocycles. The number of nitrogens with one attached hydrogen (secondary N) is 1. The Balaban J connectivity index is 1.93. The Kier molecular flexibility index (Phi) is 7.95. The van der Waals surface area contributed by atoms with Crippen molar-refractivity contribution < 1.29 is 19.2 Å². The molecule has 0 spiro atoms. The number of ether oxygens (including phenoxy) is 1. The zero-order valence-corrected chi connectivity index (χ0v) is 16.6. The average molecular weight is 425 g/mol. The molecule has 9 nitrogen and oxygen atoms in total. The number of hydrogen-bond donors (Lipinski definition) is 3. The van der Waals surface area contributed by atoms with Crippen LogP contribution in [0, 0.1) is 21.4 Å². The molecule has 2 amide bonds. The standard InChI is InChI=1S/C17H20N4O5S2/c18-5-6-19-16(22)8-15(28)14-7-13(27)9-20(14)17(23)26-10-11-1-3-12(4-2-11)21(24)25/h1-4,13-15,27-28H,6-10H2,(H,19,22)/t13-,14-,15?/m0/s1. The normalized spacial score (nSPS) is 19.5. The number of nitrogens with zero attached hydrogens (tertiary/aromatic N) is 3. The molecular formula is C17H20N4O5S2. The van der Waals surface area contributed by atoms with Gasteiger partial charge in [0.25, 0.3) is 5.69 Å². The number of thiol groups is 2. The fourth-order valence-electron chi connectivity index (χ4n) is 2.90. The number of nitriles is 1. The summed E-state index contributed by atoms with van der Waals surface area (Å²) in [5.74, 6) is -0.316. The Morgan fingerprint density at radius 2 is 2.11 bits per heavy atom. The average Bonchev–Trinajstić information content (AvgIpc) is 3.06. The summed E-state index contributed by atoms with van der Waals surface area (Å²) in [6, 6.07) is 7.23. The fraction of sp³-hybridized carbons (Fsp3) is 0.471. The number of likely N-dealkylation sites (tertiary alicyclic amines) is 1. The third kappa shape index (κ3) is 6.03. The summed E-state index contributed by atoms with van der Waals surface area (Å²) in [5, 5.41) is 21.1. The molecule has 1 unspecified atom stereocenters. The minimum absolute atomic E-state index is 0.0306. The molecule has 1 saturated heterocycles. The van der Waals surface area contributed by atoms with Gasteiger partial charge in [0.15, 0.2) is 0 Å². The number of carbonyl (C=O) groups is 2. The van der Waals surface area contributed by atoms with E-state index >= 15 is 0 Å². The fourth-order valence-corrected chi connectivity index (χ4v) is 3.74. The number of carbonyl (C=O) groups excluding carboxylic acids is 2. The molecule has 1 aliphatic rings. The lowest BCUT2D eigenvalue weighted by Crippen LogP contribution is -2.43. The van der Waals surface area contributed by atoms with Crippen molar-refractivity contribution in [3.8, 4) is 6.07 Å². The van der Waals surface area contributed by atoms with Crippen molar-refractivity contribution >= 4 is 42.9 Å². The minimum Gasteiger partial charge on any atom is -0.445 e. The summed E-state index contributed by atoms with van der Waals surface area (Å²) in [5.41, 5.74) is 0.579. The summed E-state index contributed by atoms with van der Waals surface area (Å²) in [6.07, 6.45) is 0.0636. The zero-order chi connectivity index (χ0) is 20.7. The SMILES string of the molecule is N#CCNC(=O)CC(S)[C@@H]1C[C@H](S)CN1C(=O)OCc1ccc([N+](=O)[O-])cc1. The number of amides is 2. The van der Waals surface area contributed by atoms with Crippen molar-refractivity contribution in [2.24, 2.45) is 0 Å². The molecule has 1 aromatic rings. The van der Waals surface area contributed by atoms with E-state index in [0.29, 0.717) is 18.5 Å². The molecule has 1 aromatic carbocycles. The first-order chi connectivity index (χ1) is 13.3. The highest BCUT2D eigenvalue weighted by Crippen LogP contribution is 2.29. The van der Waals surface area contributed by atoms with Crippen LogP contribution in [0.25, 0.3) is 0 Å². The lowest BCUT2D eigenvalue weighted by molar-refractivity contribution is -0.384. The van der Waals surface area contributed by atoms with E-state index < -0.39 is 16.3 Å². The smallest absolute Gasteiger partial charge is 0.410 e. The van der Waals surface area contributed by atoms with Crippen LogP contribution in [0.4, 0.5) is 10.5 Å². The number of non-ortho nitro benzene ring substituents is 1. The number of hydrogen-bond acceptors (Lipinski definition) is 8. The first-order valence-electron chi connectivity index (χ1n) is 8.48. The van der Waals surface area contributed by atoms with Crippen molar-refractivity contribution in [2.75, 3.05) is 13.1 Å². The van der Waals surface area contributed by atoms with E-state index in [1.807, 2.05) is 6.07 Å². The van der Waals surface area contributed by atoms with E-state index in [4.69, 9.17) is 10.00 Å². The number of rotatable bonds is 7. The Labute approximate surface area is 173 Å². The largest absolute Gasteiger partial charge is 0.445 e. The zero-order valence-electron chi connectivity index (χ0n) is 14.9. The van der Waals surface area contributed by atoms with Crippen LogP contribution < -0.4 is 5.32 Å². The second-order valence-corrected chi connectivity index (χ2v) is 7.69. The van der Waals surface area contributed by atoms with Gasteiger partial charge in [0, 0.05) is 41.6 Å². The van der Waals surface area contributed by atoms with Crippen molar-refractivity contribution in [3.63, 3.8) is 0 Å². The predicted octanol–water partition coefficient (Wildman–Crippen LogP) is 1.93. The van der Waals surface area contributed by atoms with Gasteiger partial charge in [-0.3, -0.25) is 14.9 Å². The number of nitro groups is 1. The highest BCUT2D eigenvalue weighted by Gasteiger charge is 2.38. The quantitative estimate of drug-likeness (QED) is 0.266. The van der Waals surface area contributed by atoms with Crippen LogP contribution in [0.15, 0.2) is 24.3 Å². The highest BCUT2D eigenvalue weighted by atomic mass is 32.1. The Morgan fingerprint density at radius 3 is 2.71 bits per heavy atom. The minimum atomic E-state index is -0.559. The van der Waals surface area contributed by atoms with Crippen LogP contribution in [0.3, 0.4) is 0 Å². The van der Waals surface area contributed by atoms with Gasteiger partial charge in [-0.05, 0) is 24.1 Å². The van der Waals surface area contributed by atoms with Crippen molar-refractivity contribution in [3.05, 3.63) is 39.9 Å². The molecule has 0 bridgehead atoms. The second-order valence-electron chi connectivity index (χ2n) is 6.29. The van der Waals surface area contributed by atoms with E-state index in [-0.39, 0.29) is 42.5 Å². The Morgan fingerprint density at radius 1 is 1.43 bits per heavy atom. The maximum absolute atomic E-state index is 12.5. The van der Waals surface area contributed by atoms with Crippen molar-refractivity contribution in [1.82, 2.24) is 10.2 Å². The van der Waals surface area contributed by atoms with Crippen LogP contribution in [0.5, 0.6) is 0 Å². The van der Waals surface area contributed by atoms with Crippen LogP contribution in [0.2, 0.25) is 0 Å². The van der Waals surface area contributed by atoms with Gasteiger partial charge in [-0.2, -0.15) is 30.5 Å². The number of benzene rings is 1. The maximum Gasteiger partial charge on any atom is 0.410 e. The van der Waals surface area contributed by atoms with Crippen LogP contribution in [0.1, 0.15) is 18.4 Å². The first kappa shape index (κ1) is 21.8. The molecule has 0 aliphatic carbocycles. The maximum atomic E-state index is 12.5. The lowest BCUT2D eigenvalue weighted by Gasteiger charge is -2.28. The second kappa shape index (κ2) is 10.2. The van der Waals surface area contributed by atoms with E-state index in [2.05, 4.69) is 30.6 Å². The molecular weight excluding hydrogens is 404 g/mol. The van der Waals surface area contributed by atoms with Gasteiger partial charge in [0.2, 0.25) is 5.91 Å². The van der Waals surface area contributed by atoms with Crippen LogP contribution in [-0.4, -0.2) is 51.5 Å². The molecule has 1 N–H and O–H groups in total. The molecule has 28 heavy (non-hydrogen) atoms. The van der Waals surface area contributed by atoms with Gasteiger partial charge in [0.05, 0.1) is 11.0 Å². The summed E-state index contributed by atoms with van der Waals surface area (Å²) in [4.78, 5) is 36.0. The molecule has 0 saturated carbocycles. The molecule has 1 aliphatic heterocycles. The molecule has 11 heteroatoms. The highest BCUT2D eigenvalue weighted by molar-refractivity contribution is 7.81. The summed E-state index contributed by atoms with van der Waals surface area (Å²) in [7, 11) is 0. The Bertz CT molecular complexity index is 768. The van der Waals surface area contributed by atoms with Gasteiger partial charge in [-0.1, -0.05) is 0 Å². The molecule has 3 atom stereocenters. The Hall–Kier alpha value is -2.45. The summed E-state index contributed by atoms with van der Waals surface area (Å²) >= 11 is 8.88. The molecule has 2 rings (SSSR count). The van der Waals surface area contributed by atoms with Gasteiger partial charge < -0.3 is 15.0 Å². The summed E-state index contributed by atoms with van der Waals surface area (Å²) < 4.78 is 5.32. The van der Waals surface area contributed by atoms with Gasteiger partial charge >= 0.3 is 6.09 Å². The molecule has 1 heterocycles. The predicted molar refractivity (Wildman–Crippen MR) is 107 cm³/mol. The lowest BCUT2D eigenvalue weighted by atomic mass is 10.1. The third-order valence-electron chi connectivity index (χ3n) is 4.27. The van der Waals surface area contributed by atoms with Gasteiger partial charge in [0.1, 0.15) is 13.2 Å². The topological polar surface area (TPSA) is 126 Å². The van der Waals surface area contributed by atoms with E-state index in [9.17, 15) is 19.7 Å². The van der Waals surface area contributed by atoms with Crippen molar-refractivity contribution in [2.45, 2.75) is 36.0 Å².